The molecule has 0 saturated heterocycles. The number of hydrogen-bond donors (Lipinski definition) is 1. The normalized spacial score (nSPS) is 11.0. The zero-order valence-electron chi connectivity index (χ0n) is 12.8. The van der Waals surface area contributed by atoms with E-state index in [4.69, 9.17) is 9.68 Å². The van der Waals surface area contributed by atoms with E-state index in [-0.39, 0.29) is 16.5 Å². The average molecular weight is 384 g/mol. The first-order valence-electron chi connectivity index (χ1n) is 6.88. The summed E-state index contributed by atoms with van der Waals surface area (Å²) in [5, 5.41) is 21.1. The quantitative estimate of drug-likeness (QED) is 0.743. The second kappa shape index (κ2) is 7.92. The van der Waals surface area contributed by atoms with Crippen molar-refractivity contribution in [2.75, 3.05) is 12.3 Å². The van der Waals surface area contributed by atoms with Crippen LogP contribution >= 0.6 is 11.8 Å². The summed E-state index contributed by atoms with van der Waals surface area (Å²) < 4.78 is 44.9. The molecule has 0 bridgehead atoms. The van der Waals surface area contributed by atoms with Crippen LogP contribution in [-0.2, 0) is 15.8 Å². The molecular formula is C15H9F3N3O4S-. The van der Waals surface area contributed by atoms with Gasteiger partial charge in [-0.15, -0.1) is 0 Å². The number of carboxylic acid groups (broad SMARTS) is 1. The predicted molar refractivity (Wildman–Crippen MR) is 80.4 cm³/mol. The minimum Gasteiger partial charge on any atom is -0.548 e. The van der Waals surface area contributed by atoms with Crippen molar-refractivity contribution in [3.63, 3.8) is 0 Å². The Morgan fingerprint density at radius 3 is 2.69 bits per heavy atom. The Balaban J connectivity index is 2.37. The fourth-order valence-corrected chi connectivity index (χ4v) is 2.70. The fraction of sp³-hybridized carbons (Fsp3) is 0.200. The third-order valence-corrected chi connectivity index (χ3v) is 3.92. The number of rotatable bonds is 6. The molecule has 0 unspecified atom stereocenters. The molecule has 7 nitrogen and oxygen atoms in total. The van der Waals surface area contributed by atoms with Gasteiger partial charge in [-0.1, -0.05) is 11.8 Å². The zero-order valence-corrected chi connectivity index (χ0v) is 13.6. The van der Waals surface area contributed by atoms with Gasteiger partial charge in [-0.3, -0.25) is 4.79 Å². The maximum absolute atomic E-state index is 13.3. The Hall–Kier alpha value is -3.00. The van der Waals surface area contributed by atoms with Gasteiger partial charge in [0, 0.05) is 0 Å². The van der Waals surface area contributed by atoms with E-state index in [1.54, 1.807) is 0 Å². The van der Waals surface area contributed by atoms with Gasteiger partial charge >= 0.3 is 6.18 Å². The third kappa shape index (κ3) is 4.76. The highest BCUT2D eigenvalue weighted by atomic mass is 32.2. The highest BCUT2D eigenvalue weighted by Gasteiger charge is 2.36. The number of amides is 1. The average Bonchev–Trinajstić information content (AvgIpc) is 3.10. The van der Waals surface area contributed by atoms with Gasteiger partial charge in [0.2, 0.25) is 5.91 Å². The molecule has 0 spiro atoms. The summed E-state index contributed by atoms with van der Waals surface area (Å²) in [5.74, 6) is -2.66. The lowest BCUT2D eigenvalue weighted by Crippen LogP contribution is -2.38. The van der Waals surface area contributed by atoms with Crippen LogP contribution in [0.1, 0.15) is 11.1 Å². The highest BCUT2D eigenvalue weighted by molar-refractivity contribution is 8.00. The Morgan fingerprint density at radius 2 is 2.15 bits per heavy atom. The van der Waals surface area contributed by atoms with Crippen molar-refractivity contribution < 1.29 is 32.3 Å². The second-order valence-electron chi connectivity index (χ2n) is 4.76. The zero-order chi connectivity index (χ0) is 19.3. The van der Waals surface area contributed by atoms with E-state index < -0.39 is 41.5 Å². The lowest BCUT2D eigenvalue weighted by molar-refractivity contribution is -0.304. The first-order chi connectivity index (χ1) is 12.2. The highest BCUT2D eigenvalue weighted by Crippen LogP contribution is 2.37. The van der Waals surface area contributed by atoms with Crippen molar-refractivity contribution in [2.24, 2.45) is 0 Å². The smallest absolute Gasteiger partial charge is 0.417 e. The van der Waals surface area contributed by atoms with Gasteiger partial charge in [-0.25, -0.2) is 4.98 Å². The number of nitriles is 1. The summed E-state index contributed by atoms with van der Waals surface area (Å²) in [6.07, 6.45) is -3.56. The number of carbonyl (C=O) groups excluding carboxylic acids is 2. The Labute approximate surface area is 148 Å². The first kappa shape index (κ1) is 19.3. The number of thioether (sulfide) groups is 1. The molecule has 0 fully saturated rings. The van der Waals surface area contributed by atoms with Crippen LogP contribution < -0.4 is 10.4 Å². The number of pyridine rings is 1. The van der Waals surface area contributed by atoms with Crippen molar-refractivity contribution in [1.82, 2.24) is 10.3 Å². The topological polar surface area (TPSA) is 119 Å². The van der Waals surface area contributed by atoms with E-state index >= 15 is 0 Å². The number of nitrogens with one attached hydrogen (secondary N) is 1. The number of nitrogens with zero attached hydrogens (tertiary/aromatic N) is 2. The maximum atomic E-state index is 13.3. The molecular weight excluding hydrogens is 375 g/mol. The van der Waals surface area contributed by atoms with E-state index in [0.29, 0.717) is 17.8 Å². The largest absolute Gasteiger partial charge is 0.548 e. The number of alkyl halides is 3. The van der Waals surface area contributed by atoms with Crippen LogP contribution in [0.2, 0.25) is 0 Å². The number of halogens is 3. The van der Waals surface area contributed by atoms with E-state index in [2.05, 4.69) is 4.98 Å². The van der Waals surface area contributed by atoms with Gasteiger partial charge in [0.05, 0.1) is 35.7 Å². The monoisotopic (exact) mass is 384 g/mol. The minimum absolute atomic E-state index is 0.0586. The summed E-state index contributed by atoms with van der Waals surface area (Å²) in [6.45, 7) is -0.738. The molecule has 0 aromatic carbocycles. The van der Waals surface area contributed by atoms with Gasteiger partial charge in [-0.2, -0.15) is 18.4 Å². The molecule has 2 rings (SSSR count). The summed E-state index contributed by atoms with van der Waals surface area (Å²) >= 11 is 0.572. The number of hydrogen-bond acceptors (Lipinski definition) is 7. The van der Waals surface area contributed by atoms with E-state index in [9.17, 15) is 27.9 Å². The van der Waals surface area contributed by atoms with Crippen LogP contribution in [-0.4, -0.2) is 29.2 Å². The molecule has 0 aliphatic carbocycles. The first-order valence-corrected chi connectivity index (χ1v) is 7.86. The van der Waals surface area contributed by atoms with Crippen LogP contribution in [0, 0.1) is 11.3 Å². The van der Waals surface area contributed by atoms with Gasteiger partial charge in [0.1, 0.15) is 16.8 Å². The van der Waals surface area contributed by atoms with Gasteiger partial charge in [0.15, 0.2) is 5.76 Å². The van der Waals surface area contributed by atoms with Crippen molar-refractivity contribution in [3.05, 3.63) is 35.6 Å². The predicted octanol–water partition coefficient (Wildman–Crippen LogP) is 1.19. The molecule has 0 radical (unpaired) electrons. The van der Waals surface area contributed by atoms with Crippen LogP contribution in [0.4, 0.5) is 13.2 Å². The Bertz CT molecular complexity index is 860. The van der Waals surface area contributed by atoms with Crippen LogP contribution in [0.15, 0.2) is 33.9 Å². The fourth-order valence-electron chi connectivity index (χ4n) is 1.86. The molecule has 2 aromatic rings. The molecule has 2 heterocycles. The third-order valence-electron chi connectivity index (χ3n) is 2.95. The Kier molecular flexibility index (Phi) is 5.89. The maximum Gasteiger partial charge on any atom is 0.417 e. The Morgan fingerprint density at radius 1 is 1.42 bits per heavy atom. The second-order valence-corrected chi connectivity index (χ2v) is 5.72. The standard InChI is InChI=1S/C15H10F3N3O4S/c16-15(17,18)9-4-10(11-2-1-3-25-11)21-14(8(9)5-19)26-7-12(22)20-6-13(23)24/h1-4H,6-7H2,(H,20,22)(H,23,24)/p-1. The molecule has 136 valence electrons. The van der Waals surface area contributed by atoms with Crippen molar-refractivity contribution >= 4 is 23.6 Å². The van der Waals surface area contributed by atoms with E-state index in [0.717, 1.165) is 0 Å². The summed E-state index contributed by atoms with van der Waals surface area (Å²) in [7, 11) is 0. The number of aromatic nitrogens is 1. The molecule has 1 amide bonds. The molecule has 0 atom stereocenters. The molecule has 0 saturated carbocycles. The summed E-state index contributed by atoms with van der Waals surface area (Å²) in [6, 6.07) is 5.00. The molecule has 11 heteroatoms. The van der Waals surface area contributed by atoms with Gasteiger partial charge in [0.25, 0.3) is 0 Å². The summed E-state index contributed by atoms with van der Waals surface area (Å²) in [5.41, 5.74) is -2.09. The lowest BCUT2D eigenvalue weighted by Gasteiger charge is -2.13. The summed E-state index contributed by atoms with van der Waals surface area (Å²) in [4.78, 5) is 25.8. The minimum atomic E-state index is -4.82. The van der Waals surface area contributed by atoms with Gasteiger partial charge in [-0.05, 0) is 18.2 Å². The van der Waals surface area contributed by atoms with E-state index in [1.807, 2.05) is 5.32 Å². The van der Waals surface area contributed by atoms with Crippen molar-refractivity contribution in [3.8, 4) is 17.5 Å². The molecule has 26 heavy (non-hydrogen) atoms. The van der Waals surface area contributed by atoms with Gasteiger partial charge < -0.3 is 19.6 Å². The number of aliphatic carboxylic acids is 1. The van der Waals surface area contributed by atoms with Crippen LogP contribution in [0.3, 0.4) is 0 Å². The molecule has 0 aliphatic rings. The SMILES string of the molecule is N#Cc1c(C(F)(F)F)cc(-c2ccco2)nc1SCC(=O)NCC(=O)[O-]. The lowest BCUT2D eigenvalue weighted by atomic mass is 10.1. The van der Waals surface area contributed by atoms with Crippen LogP contribution in [0.25, 0.3) is 11.5 Å². The van der Waals surface area contributed by atoms with Crippen molar-refractivity contribution in [2.45, 2.75) is 11.2 Å². The van der Waals surface area contributed by atoms with Crippen molar-refractivity contribution in [1.29, 1.82) is 5.26 Å². The number of carbonyl (C=O) groups is 2. The molecule has 0 aliphatic heterocycles. The molecule has 1 N–H and O–H groups in total. The number of furan rings is 1. The van der Waals surface area contributed by atoms with Crippen LogP contribution in [0.5, 0.6) is 0 Å². The van der Waals surface area contributed by atoms with E-state index in [1.165, 1.54) is 24.5 Å². The number of carboxylic acids is 1. The molecule has 2 aromatic heterocycles.